The lowest BCUT2D eigenvalue weighted by Gasteiger charge is -2.12. The van der Waals surface area contributed by atoms with Crippen molar-refractivity contribution in [3.8, 4) is 22.5 Å². The van der Waals surface area contributed by atoms with Gasteiger partial charge in [-0.3, -0.25) is 4.98 Å². The molecule has 110 valence electrons. The standard InChI is InChI=1S/C21H16N2/c1-15-6-2-4-8-18(15)21-19-9-5-3-7-17(19)14-20(23-21)16-10-12-22-13-11-16/h2-14H,1H3. The molecule has 2 heteroatoms. The number of aryl methyl sites for hydroxylation is 1. The Morgan fingerprint density at radius 2 is 1.52 bits per heavy atom. The molecule has 0 aliphatic rings. The van der Waals surface area contributed by atoms with E-state index in [2.05, 4.69) is 66.5 Å². The van der Waals surface area contributed by atoms with Gasteiger partial charge in [0.1, 0.15) is 0 Å². The predicted octanol–water partition coefficient (Wildman–Crippen LogP) is 5.27. The van der Waals surface area contributed by atoms with E-state index in [1.165, 1.54) is 21.9 Å². The van der Waals surface area contributed by atoms with Gasteiger partial charge in [-0.2, -0.15) is 0 Å². The molecule has 0 saturated heterocycles. The zero-order chi connectivity index (χ0) is 15.6. The lowest BCUT2D eigenvalue weighted by atomic mass is 9.98. The Morgan fingerprint density at radius 3 is 2.35 bits per heavy atom. The van der Waals surface area contributed by atoms with Gasteiger partial charge >= 0.3 is 0 Å². The molecule has 4 aromatic rings. The molecule has 0 amide bonds. The summed E-state index contributed by atoms with van der Waals surface area (Å²) in [5, 5.41) is 2.38. The first-order chi connectivity index (χ1) is 11.3. The van der Waals surface area contributed by atoms with Crippen molar-refractivity contribution in [2.24, 2.45) is 0 Å². The lowest BCUT2D eigenvalue weighted by Crippen LogP contribution is -1.92. The monoisotopic (exact) mass is 296 g/mol. The van der Waals surface area contributed by atoms with Gasteiger partial charge in [0.15, 0.2) is 0 Å². The number of hydrogen-bond acceptors (Lipinski definition) is 2. The number of benzene rings is 2. The molecule has 2 heterocycles. The number of hydrogen-bond donors (Lipinski definition) is 0. The smallest absolute Gasteiger partial charge is 0.0790 e. The van der Waals surface area contributed by atoms with Gasteiger partial charge in [-0.25, -0.2) is 4.98 Å². The number of fused-ring (bicyclic) bond motifs is 1. The van der Waals surface area contributed by atoms with Gasteiger partial charge in [0.25, 0.3) is 0 Å². The molecule has 0 saturated carbocycles. The van der Waals surface area contributed by atoms with Crippen LogP contribution in [-0.2, 0) is 0 Å². The first-order valence-electron chi connectivity index (χ1n) is 7.69. The molecule has 0 aliphatic carbocycles. The minimum atomic E-state index is 0.976. The Balaban J connectivity index is 2.04. The van der Waals surface area contributed by atoms with Crippen molar-refractivity contribution in [3.63, 3.8) is 0 Å². The number of nitrogens with zero attached hydrogens (tertiary/aromatic N) is 2. The first-order valence-corrected chi connectivity index (χ1v) is 7.69. The third-order valence-corrected chi connectivity index (χ3v) is 4.12. The second-order valence-corrected chi connectivity index (χ2v) is 5.63. The maximum atomic E-state index is 4.97. The molecule has 0 aliphatic heterocycles. The Labute approximate surface area is 135 Å². The fraction of sp³-hybridized carbons (Fsp3) is 0.0476. The molecule has 2 aromatic heterocycles. The van der Waals surface area contributed by atoms with Crippen molar-refractivity contribution >= 4 is 10.8 Å². The maximum absolute atomic E-state index is 4.97. The molecule has 4 rings (SSSR count). The largest absolute Gasteiger partial charge is 0.265 e. The van der Waals surface area contributed by atoms with E-state index in [9.17, 15) is 0 Å². The van der Waals surface area contributed by atoms with Gasteiger partial charge in [-0.05, 0) is 36.1 Å². The molecular weight excluding hydrogens is 280 g/mol. The van der Waals surface area contributed by atoms with Gasteiger partial charge < -0.3 is 0 Å². The van der Waals surface area contributed by atoms with E-state index in [1.54, 1.807) is 12.4 Å². The Morgan fingerprint density at radius 1 is 0.783 bits per heavy atom. The molecule has 2 nitrogen and oxygen atoms in total. The maximum Gasteiger partial charge on any atom is 0.0790 e. The summed E-state index contributed by atoms with van der Waals surface area (Å²) in [4.78, 5) is 9.07. The summed E-state index contributed by atoms with van der Waals surface area (Å²) < 4.78 is 0. The lowest BCUT2D eigenvalue weighted by molar-refractivity contribution is 1.29. The summed E-state index contributed by atoms with van der Waals surface area (Å²) in [5.74, 6) is 0. The molecule has 2 aromatic carbocycles. The molecular formula is C21H16N2. The highest BCUT2D eigenvalue weighted by atomic mass is 14.7. The minimum Gasteiger partial charge on any atom is -0.265 e. The van der Waals surface area contributed by atoms with Crippen LogP contribution in [-0.4, -0.2) is 9.97 Å². The highest BCUT2D eigenvalue weighted by molar-refractivity contribution is 5.97. The summed E-state index contributed by atoms with van der Waals surface area (Å²) in [7, 11) is 0. The molecule has 0 N–H and O–H groups in total. The Bertz CT molecular complexity index is 975. The SMILES string of the molecule is Cc1ccccc1-c1nc(-c2ccncc2)cc2ccccc12. The van der Waals surface area contributed by atoms with E-state index in [0.29, 0.717) is 0 Å². The molecule has 0 atom stereocenters. The van der Waals surface area contributed by atoms with Crippen molar-refractivity contribution in [2.45, 2.75) is 6.92 Å². The second kappa shape index (κ2) is 5.65. The van der Waals surface area contributed by atoms with Crippen molar-refractivity contribution in [2.75, 3.05) is 0 Å². The molecule has 0 unspecified atom stereocenters. The second-order valence-electron chi connectivity index (χ2n) is 5.63. The molecule has 0 radical (unpaired) electrons. The average Bonchev–Trinajstić information content (AvgIpc) is 2.62. The van der Waals surface area contributed by atoms with Crippen LogP contribution in [0, 0.1) is 6.92 Å². The third kappa shape index (κ3) is 2.49. The van der Waals surface area contributed by atoms with Crippen LogP contribution < -0.4 is 0 Å². The summed E-state index contributed by atoms with van der Waals surface area (Å²) >= 11 is 0. The summed E-state index contributed by atoms with van der Waals surface area (Å²) in [5.41, 5.74) is 5.51. The predicted molar refractivity (Wildman–Crippen MR) is 95.1 cm³/mol. The first kappa shape index (κ1) is 13.6. The normalized spacial score (nSPS) is 10.8. The summed E-state index contributed by atoms with van der Waals surface area (Å²) in [6.45, 7) is 2.13. The van der Waals surface area contributed by atoms with Gasteiger partial charge in [-0.1, -0.05) is 48.5 Å². The van der Waals surface area contributed by atoms with E-state index in [0.717, 1.165) is 17.0 Å². The number of rotatable bonds is 2. The summed E-state index contributed by atoms with van der Waals surface area (Å²) in [6.07, 6.45) is 3.61. The van der Waals surface area contributed by atoms with E-state index in [1.807, 2.05) is 12.1 Å². The van der Waals surface area contributed by atoms with Crippen molar-refractivity contribution in [3.05, 3.63) is 84.7 Å². The average molecular weight is 296 g/mol. The number of pyridine rings is 2. The van der Waals surface area contributed by atoms with E-state index in [4.69, 9.17) is 4.98 Å². The molecule has 0 spiro atoms. The summed E-state index contributed by atoms with van der Waals surface area (Å²) in [6, 6.07) is 23.0. The van der Waals surface area contributed by atoms with Crippen LogP contribution in [0.15, 0.2) is 79.1 Å². The third-order valence-electron chi connectivity index (χ3n) is 4.12. The molecule has 23 heavy (non-hydrogen) atoms. The Hall–Kier alpha value is -3.00. The van der Waals surface area contributed by atoms with Crippen LogP contribution >= 0.6 is 0 Å². The van der Waals surface area contributed by atoms with Crippen LogP contribution in [0.5, 0.6) is 0 Å². The zero-order valence-corrected chi connectivity index (χ0v) is 12.9. The highest BCUT2D eigenvalue weighted by Crippen LogP contribution is 2.32. The van der Waals surface area contributed by atoms with E-state index in [-0.39, 0.29) is 0 Å². The zero-order valence-electron chi connectivity index (χ0n) is 12.9. The van der Waals surface area contributed by atoms with Crippen LogP contribution in [0.2, 0.25) is 0 Å². The van der Waals surface area contributed by atoms with Crippen LogP contribution in [0.3, 0.4) is 0 Å². The fourth-order valence-corrected chi connectivity index (χ4v) is 2.91. The van der Waals surface area contributed by atoms with Crippen LogP contribution in [0.25, 0.3) is 33.3 Å². The molecule has 0 fully saturated rings. The van der Waals surface area contributed by atoms with Gasteiger partial charge in [0, 0.05) is 28.9 Å². The van der Waals surface area contributed by atoms with E-state index >= 15 is 0 Å². The van der Waals surface area contributed by atoms with Crippen LogP contribution in [0.1, 0.15) is 5.56 Å². The van der Waals surface area contributed by atoms with Crippen molar-refractivity contribution in [1.29, 1.82) is 0 Å². The van der Waals surface area contributed by atoms with Gasteiger partial charge in [0.05, 0.1) is 11.4 Å². The Kier molecular flexibility index (Phi) is 3.35. The quantitative estimate of drug-likeness (QED) is 0.503. The topological polar surface area (TPSA) is 25.8 Å². The van der Waals surface area contributed by atoms with Crippen molar-refractivity contribution in [1.82, 2.24) is 9.97 Å². The van der Waals surface area contributed by atoms with E-state index < -0.39 is 0 Å². The molecule has 0 bridgehead atoms. The van der Waals surface area contributed by atoms with Crippen molar-refractivity contribution < 1.29 is 0 Å². The van der Waals surface area contributed by atoms with Crippen LogP contribution in [0.4, 0.5) is 0 Å². The minimum absolute atomic E-state index is 0.976. The highest BCUT2D eigenvalue weighted by Gasteiger charge is 2.11. The number of aromatic nitrogens is 2. The van der Waals surface area contributed by atoms with Gasteiger partial charge in [-0.15, -0.1) is 0 Å². The van der Waals surface area contributed by atoms with Gasteiger partial charge in [0.2, 0.25) is 0 Å². The fourth-order valence-electron chi connectivity index (χ4n) is 2.91.